The Morgan fingerprint density at radius 1 is 1.06 bits per heavy atom. The summed E-state index contributed by atoms with van der Waals surface area (Å²) >= 11 is 11.9. The van der Waals surface area contributed by atoms with E-state index >= 15 is 0 Å². The Hall–Kier alpha value is -2.24. The van der Waals surface area contributed by atoms with Gasteiger partial charge in [0.2, 0.25) is 6.10 Å². The van der Waals surface area contributed by atoms with Crippen LogP contribution in [0.1, 0.15) is 47.0 Å². The molecule has 1 rings (SSSR count). The topological polar surface area (TPSA) is 61.8 Å². The van der Waals surface area contributed by atoms with E-state index in [1.54, 1.807) is 19.1 Å². The van der Waals surface area contributed by atoms with Gasteiger partial charge < -0.3 is 14.2 Å². The minimum atomic E-state index is -1.14. The Bertz CT molecular complexity index is 852. The van der Waals surface area contributed by atoms with Gasteiger partial charge in [0.05, 0.1) is 12.1 Å². The monoisotopic (exact) mass is 468 g/mol. The summed E-state index contributed by atoms with van der Waals surface area (Å²) in [4.78, 5) is 24.3. The highest BCUT2D eigenvalue weighted by atomic mass is 35.5. The van der Waals surface area contributed by atoms with Crippen LogP contribution >= 0.6 is 23.2 Å². The maximum absolute atomic E-state index is 12.2. The lowest BCUT2D eigenvalue weighted by Gasteiger charge is -2.17. The molecule has 0 aliphatic heterocycles. The molecule has 0 spiro atoms. The van der Waals surface area contributed by atoms with Gasteiger partial charge in [0.15, 0.2) is 6.61 Å². The van der Waals surface area contributed by atoms with Crippen LogP contribution in [0.25, 0.3) is 0 Å². The Balaban J connectivity index is 2.69. The molecule has 0 radical (unpaired) electrons. The van der Waals surface area contributed by atoms with E-state index in [0.29, 0.717) is 22.8 Å². The van der Waals surface area contributed by atoms with Crippen LogP contribution in [0.5, 0.6) is 5.75 Å². The minimum Gasteiger partial charge on any atom is -0.480 e. The lowest BCUT2D eigenvalue weighted by Crippen LogP contribution is -2.31. The molecule has 1 unspecified atom stereocenters. The quantitative estimate of drug-likeness (QED) is 0.274. The highest BCUT2D eigenvalue weighted by molar-refractivity contribution is 6.35. The number of halogens is 2. The van der Waals surface area contributed by atoms with Crippen LogP contribution in [0.3, 0.4) is 0 Å². The molecule has 31 heavy (non-hydrogen) atoms. The van der Waals surface area contributed by atoms with Gasteiger partial charge in [-0.05, 0) is 70.7 Å². The van der Waals surface area contributed by atoms with Crippen LogP contribution < -0.4 is 4.74 Å². The molecule has 0 aliphatic rings. The number of methoxy groups -OCH3 is 1. The predicted octanol–water partition coefficient (Wildman–Crippen LogP) is 6.49. The summed E-state index contributed by atoms with van der Waals surface area (Å²) < 4.78 is 15.4. The fourth-order valence-electron chi connectivity index (χ4n) is 2.57. The Kier molecular flexibility index (Phi) is 12.1. The molecule has 7 heteroatoms. The summed E-state index contributed by atoms with van der Waals surface area (Å²) in [5.41, 5.74) is 3.13. The molecule has 0 aromatic heterocycles. The summed E-state index contributed by atoms with van der Waals surface area (Å²) in [5, 5.41) is 0.723. The first kappa shape index (κ1) is 26.8. The summed E-state index contributed by atoms with van der Waals surface area (Å²) in [5.74, 6) is -1.09. The molecule has 1 aromatic carbocycles. The van der Waals surface area contributed by atoms with Gasteiger partial charge in [-0.25, -0.2) is 9.59 Å². The normalized spacial score (nSPS) is 12.7. The summed E-state index contributed by atoms with van der Waals surface area (Å²) in [6, 6.07) is 4.64. The zero-order valence-corrected chi connectivity index (χ0v) is 20.2. The largest absolute Gasteiger partial charge is 0.480 e. The van der Waals surface area contributed by atoms with Gasteiger partial charge in [-0.2, -0.15) is 0 Å². The zero-order valence-electron chi connectivity index (χ0n) is 18.7. The van der Waals surface area contributed by atoms with E-state index in [0.717, 1.165) is 12.8 Å². The molecule has 0 fully saturated rings. The fraction of sp³-hybridized carbons (Fsp3) is 0.417. The van der Waals surface area contributed by atoms with Gasteiger partial charge >= 0.3 is 11.9 Å². The van der Waals surface area contributed by atoms with Crippen molar-refractivity contribution in [3.8, 4) is 5.75 Å². The highest BCUT2D eigenvalue weighted by Gasteiger charge is 2.25. The molecule has 0 bridgehead atoms. The first-order valence-corrected chi connectivity index (χ1v) is 10.7. The smallest absolute Gasteiger partial charge is 0.351 e. The van der Waals surface area contributed by atoms with Gasteiger partial charge in [0, 0.05) is 5.02 Å². The van der Waals surface area contributed by atoms with Crippen LogP contribution in [0.2, 0.25) is 10.0 Å². The zero-order chi connectivity index (χ0) is 23.4. The maximum atomic E-state index is 12.2. The number of hydrogen-bond donors (Lipinski definition) is 0. The number of allylic oxidation sites excluding steroid dienone is 5. The second-order valence-corrected chi connectivity index (χ2v) is 8.15. The van der Waals surface area contributed by atoms with Crippen LogP contribution in [-0.2, 0) is 19.1 Å². The van der Waals surface area contributed by atoms with Crippen molar-refractivity contribution in [3.05, 3.63) is 63.2 Å². The number of benzene rings is 1. The molecule has 0 saturated carbocycles. The van der Waals surface area contributed by atoms with Crippen molar-refractivity contribution in [1.29, 1.82) is 0 Å². The average molecular weight is 469 g/mol. The van der Waals surface area contributed by atoms with Crippen molar-refractivity contribution in [2.45, 2.75) is 53.1 Å². The van der Waals surface area contributed by atoms with Crippen LogP contribution in [0.4, 0.5) is 0 Å². The Morgan fingerprint density at radius 3 is 2.39 bits per heavy atom. The molecule has 1 aromatic rings. The van der Waals surface area contributed by atoms with Crippen molar-refractivity contribution in [3.63, 3.8) is 0 Å². The van der Waals surface area contributed by atoms with E-state index in [1.807, 2.05) is 6.08 Å². The lowest BCUT2D eigenvalue weighted by molar-refractivity contribution is -0.164. The molecule has 0 amide bonds. The third-order valence-corrected chi connectivity index (χ3v) is 4.85. The van der Waals surface area contributed by atoms with Gasteiger partial charge in [-0.1, -0.05) is 52.6 Å². The second kappa shape index (κ2) is 13.9. The third-order valence-electron chi connectivity index (χ3n) is 4.31. The molecule has 0 N–H and O–H groups in total. The number of ether oxygens (including phenoxy) is 3. The van der Waals surface area contributed by atoms with Gasteiger partial charge in [0.1, 0.15) is 5.75 Å². The molecule has 0 aliphatic carbocycles. The maximum Gasteiger partial charge on any atom is 0.351 e. The highest BCUT2D eigenvalue weighted by Crippen LogP contribution is 2.27. The van der Waals surface area contributed by atoms with Crippen molar-refractivity contribution in [1.82, 2.24) is 0 Å². The number of carbonyl (C=O) groups excluding carboxylic acids is 2. The van der Waals surface area contributed by atoms with Crippen molar-refractivity contribution >= 4 is 35.1 Å². The van der Waals surface area contributed by atoms with Crippen LogP contribution in [-0.4, -0.2) is 31.8 Å². The minimum absolute atomic E-state index is 0.271. The van der Waals surface area contributed by atoms with E-state index in [9.17, 15) is 9.59 Å². The van der Waals surface area contributed by atoms with E-state index in [2.05, 4.69) is 32.9 Å². The van der Waals surface area contributed by atoms with Crippen LogP contribution in [0, 0.1) is 0 Å². The third kappa shape index (κ3) is 10.6. The molecular weight excluding hydrogens is 439 g/mol. The van der Waals surface area contributed by atoms with E-state index in [1.165, 1.54) is 24.3 Å². The molecule has 1 atom stereocenters. The van der Waals surface area contributed by atoms with Crippen molar-refractivity contribution in [2.75, 3.05) is 13.7 Å². The molecule has 0 saturated heterocycles. The predicted molar refractivity (Wildman–Crippen MR) is 125 cm³/mol. The Morgan fingerprint density at radius 2 is 1.77 bits per heavy atom. The average Bonchev–Trinajstić information content (AvgIpc) is 2.70. The first-order chi connectivity index (χ1) is 14.6. The lowest BCUT2D eigenvalue weighted by atomic mass is 10.1. The summed E-state index contributed by atoms with van der Waals surface area (Å²) in [7, 11) is 1.24. The second-order valence-electron chi connectivity index (χ2n) is 7.31. The number of carbonyl (C=O) groups is 2. The van der Waals surface area contributed by atoms with E-state index in [4.69, 9.17) is 37.4 Å². The number of esters is 2. The molecule has 5 nitrogen and oxygen atoms in total. The molecule has 0 heterocycles. The number of hydrogen-bond acceptors (Lipinski definition) is 5. The van der Waals surface area contributed by atoms with Gasteiger partial charge in [-0.3, -0.25) is 0 Å². The SMILES string of the molecule is COC(=O)C(OC(=O)COc1ccc(Cl)cc1Cl)/C(C)=C/C/C=C(\C)CCC=C(C)C. The summed E-state index contributed by atoms with van der Waals surface area (Å²) in [6.07, 6.45) is 7.58. The van der Waals surface area contributed by atoms with Crippen LogP contribution in [0.15, 0.2) is 53.1 Å². The Labute approximate surface area is 194 Å². The molecular formula is C24H30Cl2O5. The van der Waals surface area contributed by atoms with E-state index in [-0.39, 0.29) is 5.02 Å². The number of rotatable bonds is 11. The van der Waals surface area contributed by atoms with Crippen molar-refractivity contribution in [2.24, 2.45) is 0 Å². The summed E-state index contributed by atoms with van der Waals surface area (Å²) in [6.45, 7) is 7.53. The first-order valence-electron chi connectivity index (χ1n) is 9.94. The van der Waals surface area contributed by atoms with Crippen molar-refractivity contribution < 1.29 is 23.8 Å². The van der Waals surface area contributed by atoms with Gasteiger partial charge in [-0.15, -0.1) is 0 Å². The van der Waals surface area contributed by atoms with Gasteiger partial charge in [0.25, 0.3) is 0 Å². The fourth-order valence-corrected chi connectivity index (χ4v) is 3.04. The van der Waals surface area contributed by atoms with E-state index < -0.39 is 24.6 Å². The molecule has 170 valence electrons. The standard InChI is InChI=1S/C24H30Cl2O5/c1-16(2)8-6-9-17(3)10-7-11-18(4)23(24(28)29-5)31-22(27)15-30-21-13-12-19(25)14-20(21)26/h8,10-14,23H,6-7,9,15H2,1-5H3/b17-10+,18-11+.